The maximum atomic E-state index is 13.4. The van der Waals surface area contributed by atoms with Crippen LogP contribution in [-0.4, -0.2) is 45.3 Å². The lowest BCUT2D eigenvalue weighted by Crippen LogP contribution is -2.28. The second kappa shape index (κ2) is 10.7. The Morgan fingerprint density at radius 3 is 2.23 bits per heavy atom. The molecule has 2 amide bonds. The highest BCUT2D eigenvalue weighted by molar-refractivity contribution is 6.12. The van der Waals surface area contributed by atoms with Crippen molar-refractivity contribution in [3.63, 3.8) is 0 Å². The van der Waals surface area contributed by atoms with E-state index in [1.807, 2.05) is 0 Å². The SMILES string of the molecule is CNC(=O)c1cc(Oc2ccc(NC(=O)c3nn(C(=O)OC(C)(C)C)c4ccc(C(F)(F)F)cc34)cc2)ccn1. The van der Waals surface area contributed by atoms with Crippen LogP contribution in [-0.2, 0) is 10.9 Å². The molecule has 2 heterocycles. The van der Waals surface area contributed by atoms with E-state index in [9.17, 15) is 27.6 Å². The molecule has 208 valence electrons. The molecule has 0 bridgehead atoms. The van der Waals surface area contributed by atoms with Crippen molar-refractivity contribution in [1.82, 2.24) is 20.1 Å². The molecular formula is C27H24F3N5O5. The lowest BCUT2D eigenvalue weighted by Gasteiger charge is -2.19. The van der Waals surface area contributed by atoms with Crippen LogP contribution in [0.4, 0.5) is 23.7 Å². The van der Waals surface area contributed by atoms with Crippen LogP contribution in [0.1, 0.15) is 47.3 Å². The Bertz CT molecular complexity index is 1590. The first kappa shape index (κ1) is 28.1. The number of anilines is 1. The number of ether oxygens (including phenoxy) is 2. The summed E-state index contributed by atoms with van der Waals surface area (Å²) in [6.07, 6.45) is -4.21. The summed E-state index contributed by atoms with van der Waals surface area (Å²) in [5, 5.41) is 8.85. The van der Waals surface area contributed by atoms with Crippen LogP contribution in [0.15, 0.2) is 60.8 Å². The van der Waals surface area contributed by atoms with Crippen molar-refractivity contribution in [2.75, 3.05) is 12.4 Å². The summed E-state index contributed by atoms with van der Waals surface area (Å²) < 4.78 is 52.0. The Hall–Kier alpha value is -4.94. The smallest absolute Gasteiger partial charge is 0.435 e. The number of pyridine rings is 1. The number of carbonyl (C=O) groups excluding carboxylic acids is 3. The monoisotopic (exact) mass is 555 g/mol. The number of hydrogen-bond donors (Lipinski definition) is 2. The van der Waals surface area contributed by atoms with Crippen LogP contribution in [0.2, 0.25) is 0 Å². The van der Waals surface area contributed by atoms with Crippen LogP contribution >= 0.6 is 0 Å². The molecule has 0 saturated heterocycles. The van der Waals surface area contributed by atoms with Crippen molar-refractivity contribution in [3.8, 4) is 11.5 Å². The van der Waals surface area contributed by atoms with Gasteiger partial charge in [-0.25, -0.2) is 4.79 Å². The summed E-state index contributed by atoms with van der Waals surface area (Å²) >= 11 is 0. The molecule has 0 saturated carbocycles. The summed E-state index contributed by atoms with van der Waals surface area (Å²) in [5.41, 5.74) is -1.89. The van der Waals surface area contributed by atoms with Crippen molar-refractivity contribution in [3.05, 3.63) is 77.7 Å². The number of amides is 2. The van der Waals surface area contributed by atoms with Crippen LogP contribution in [0.5, 0.6) is 11.5 Å². The van der Waals surface area contributed by atoms with Crippen LogP contribution < -0.4 is 15.4 Å². The van der Waals surface area contributed by atoms with E-state index in [1.165, 1.54) is 43.6 Å². The molecule has 4 rings (SSSR count). The van der Waals surface area contributed by atoms with Gasteiger partial charge >= 0.3 is 12.3 Å². The third kappa shape index (κ3) is 6.37. The highest BCUT2D eigenvalue weighted by Gasteiger charge is 2.33. The zero-order valence-corrected chi connectivity index (χ0v) is 21.8. The number of nitrogens with one attached hydrogen (secondary N) is 2. The molecule has 13 heteroatoms. The Labute approximate surface area is 226 Å². The van der Waals surface area contributed by atoms with Gasteiger partial charge in [0.05, 0.1) is 11.1 Å². The van der Waals surface area contributed by atoms with Crippen LogP contribution in [0.3, 0.4) is 0 Å². The molecule has 0 aliphatic carbocycles. The normalized spacial score (nSPS) is 11.7. The van der Waals surface area contributed by atoms with Gasteiger partial charge in [0, 0.05) is 30.4 Å². The molecule has 0 unspecified atom stereocenters. The molecule has 0 aliphatic heterocycles. The number of halogens is 3. The molecule has 0 radical (unpaired) electrons. The van der Waals surface area contributed by atoms with Gasteiger partial charge in [0.25, 0.3) is 11.8 Å². The average molecular weight is 556 g/mol. The zero-order chi connectivity index (χ0) is 29.2. The van der Waals surface area contributed by atoms with Gasteiger partial charge < -0.3 is 20.1 Å². The maximum absolute atomic E-state index is 13.4. The van der Waals surface area contributed by atoms with Crippen molar-refractivity contribution in [2.24, 2.45) is 0 Å². The summed E-state index contributed by atoms with van der Waals surface area (Å²) in [6, 6.07) is 11.7. The van der Waals surface area contributed by atoms with E-state index in [2.05, 4.69) is 20.7 Å². The van der Waals surface area contributed by atoms with E-state index >= 15 is 0 Å². The molecule has 0 aliphatic rings. The van der Waals surface area contributed by atoms with Crippen molar-refractivity contribution < 1.29 is 37.0 Å². The van der Waals surface area contributed by atoms with Crippen LogP contribution in [0.25, 0.3) is 10.9 Å². The number of aromatic nitrogens is 3. The lowest BCUT2D eigenvalue weighted by molar-refractivity contribution is -0.137. The first-order valence-corrected chi connectivity index (χ1v) is 11.9. The van der Waals surface area contributed by atoms with Gasteiger partial charge in [-0.15, -0.1) is 0 Å². The molecule has 10 nitrogen and oxygen atoms in total. The Balaban J connectivity index is 1.59. The number of rotatable bonds is 5. The van der Waals surface area contributed by atoms with Gasteiger partial charge in [-0.2, -0.15) is 23.0 Å². The first-order chi connectivity index (χ1) is 18.7. The molecular weight excluding hydrogens is 531 g/mol. The second-order valence-electron chi connectivity index (χ2n) is 9.51. The van der Waals surface area contributed by atoms with E-state index in [4.69, 9.17) is 9.47 Å². The van der Waals surface area contributed by atoms with E-state index in [0.29, 0.717) is 11.5 Å². The minimum Gasteiger partial charge on any atom is -0.457 e. The van der Waals surface area contributed by atoms with Gasteiger partial charge in [-0.1, -0.05) is 0 Å². The first-order valence-electron chi connectivity index (χ1n) is 11.9. The number of fused-ring (bicyclic) bond motifs is 1. The third-order valence-electron chi connectivity index (χ3n) is 5.33. The molecule has 2 aromatic heterocycles. The van der Waals surface area contributed by atoms with Gasteiger partial charge in [0.15, 0.2) is 5.69 Å². The lowest BCUT2D eigenvalue weighted by atomic mass is 10.1. The van der Waals surface area contributed by atoms with E-state index in [-0.39, 0.29) is 28.2 Å². The third-order valence-corrected chi connectivity index (χ3v) is 5.33. The van der Waals surface area contributed by atoms with Gasteiger partial charge in [-0.05, 0) is 69.3 Å². The minimum atomic E-state index is -4.68. The number of carbonyl (C=O) groups is 3. The van der Waals surface area contributed by atoms with E-state index in [0.717, 1.165) is 22.9 Å². The predicted octanol–water partition coefficient (Wildman–Crippen LogP) is 5.64. The Morgan fingerprint density at radius 2 is 1.60 bits per heavy atom. The molecule has 2 N–H and O–H groups in total. The van der Waals surface area contributed by atoms with Gasteiger partial charge in [0.1, 0.15) is 22.8 Å². The molecule has 0 fully saturated rings. The fourth-order valence-corrected chi connectivity index (χ4v) is 3.57. The molecule has 2 aromatic carbocycles. The van der Waals surface area contributed by atoms with E-state index < -0.39 is 35.0 Å². The molecule has 0 atom stereocenters. The highest BCUT2D eigenvalue weighted by Crippen LogP contribution is 2.33. The Kier molecular flexibility index (Phi) is 7.49. The largest absolute Gasteiger partial charge is 0.457 e. The predicted molar refractivity (Wildman–Crippen MR) is 138 cm³/mol. The number of benzene rings is 2. The number of alkyl halides is 3. The van der Waals surface area contributed by atoms with Crippen molar-refractivity contribution in [1.29, 1.82) is 0 Å². The quantitative estimate of drug-likeness (QED) is 0.327. The number of nitrogens with zero attached hydrogens (tertiary/aromatic N) is 3. The van der Waals surface area contributed by atoms with E-state index in [1.54, 1.807) is 26.8 Å². The van der Waals surface area contributed by atoms with Gasteiger partial charge in [-0.3, -0.25) is 14.6 Å². The molecule has 40 heavy (non-hydrogen) atoms. The van der Waals surface area contributed by atoms with Crippen molar-refractivity contribution in [2.45, 2.75) is 32.5 Å². The summed E-state index contributed by atoms with van der Waals surface area (Å²) in [5.74, 6) is -0.497. The second-order valence-corrected chi connectivity index (χ2v) is 9.51. The summed E-state index contributed by atoms with van der Waals surface area (Å²) in [4.78, 5) is 41.6. The molecule has 4 aromatic rings. The maximum Gasteiger partial charge on any atom is 0.435 e. The standard InChI is InChI=1S/C27H24F3N5O5/c1-26(2,3)40-25(38)35-21-10-5-15(27(28,29)30)13-19(21)22(34-35)24(37)33-16-6-8-17(9-7-16)39-18-11-12-32-20(14-18)23(36)31-4/h5-14H,1-4H3,(H,31,36)(H,33,37). The van der Waals surface area contributed by atoms with Crippen molar-refractivity contribution >= 4 is 34.5 Å². The fraction of sp³-hybridized carbons (Fsp3) is 0.222. The Morgan fingerprint density at radius 1 is 0.900 bits per heavy atom. The number of hydrogen-bond acceptors (Lipinski definition) is 7. The minimum absolute atomic E-state index is 0.0235. The highest BCUT2D eigenvalue weighted by atomic mass is 19.4. The zero-order valence-electron chi connectivity index (χ0n) is 21.8. The topological polar surface area (TPSA) is 124 Å². The van der Waals surface area contributed by atoms with Gasteiger partial charge in [0.2, 0.25) is 0 Å². The summed E-state index contributed by atoms with van der Waals surface area (Å²) in [7, 11) is 1.48. The van der Waals surface area contributed by atoms with Crippen LogP contribution in [0, 0.1) is 0 Å². The average Bonchev–Trinajstić information content (AvgIpc) is 3.27. The summed E-state index contributed by atoms with van der Waals surface area (Å²) in [6.45, 7) is 4.86. The molecule has 0 spiro atoms. The fourth-order valence-electron chi connectivity index (χ4n) is 3.57.